The summed E-state index contributed by atoms with van der Waals surface area (Å²) in [5.74, 6) is -5.85. The molecule has 0 unspecified atom stereocenters. The van der Waals surface area contributed by atoms with Crippen LogP contribution in [-0.2, 0) is 12.5 Å². The molecule has 0 aliphatic carbocycles. The third-order valence-electron chi connectivity index (χ3n) is 6.58. The van der Waals surface area contributed by atoms with E-state index >= 15 is 0 Å². The van der Waals surface area contributed by atoms with Gasteiger partial charge in [0.25, 0.3) is 0 Å². The van der Waals surface area contributed by atoms with Crippen molar-refractivity contribution in [3.63, 3.8) is 0 Å². The van der Waals surface area contributed by atoms with Crippen LogP contribution in [-0.4, -0.2) is 9.97 Å². The molecule has 0 fully saturated rings. The number of halogens is 7. The molecule has 0 spiro atoms. The first-order valence-electron chi connectivity index (χ1n) is 12.9. The average molecular weight is 595 g/mol. The van der Waals surface area contributed by atoms with Crippen LogP contribution in [0.5, 0.6) is 5.75 Å². The van der Waals surface area contributed by atoms with Crippen molar-refractivity contribution >= 4 is 0 Å². The number of alkyl halides is 2. The molecule has 0 amide bonds. The molecule has 0 saturated carbocycles. The summed E-state index contributed by atoms with van der Waals surface area (Å²) in [6.45, 7) is 3.64. The maximum Gasteiger partial charge on any atom is 0.429 e. The summed E-state index contributed by atoms with van der Waals surface area (Å²) in [6.07, 6.45) is 2.08. The van der Waals surface area contributed by atoms with E-state index in [9.17, 15) is 30.7 Å². The Bertz CT molecular complexity index is 1810. The van der Waals surface area contributed by atoms with Crippen LogP contribution in [0.1, 0.15) is 17.5 Å². The number of hydrogen-bond donors (Lipinski definition) is 0. The first-order valence-corrected chi connectivity index (χ1v) is 12.9. The van der Waals surface area contributed by atoms with Gasteiger partial charge in [-0.1, -0.05) is 30.3 Å². The average Bonchev–Trinajstić information content (AvgIpc) is 2.97. The molecule has 218 valence electrons. The van der Waals surface area contributed by atoms with Gasteiger partial charge >= 0.3 is 6.11 Å². The van der Waals surface area contributed by atoms with E-state index in [1.54, 1.807) is 18.5 Å². The van der Waals surface area contributed by atoms with Gasteiger partial charge in [-0.05, 0) is 72.0 Å². The largest absolute Gasteiger partial charge is 0.429 e. The van der Waals surface area contributed by atoms with E-state index in [0.717, 1.165) is 54.4 Å². The molecule has 5 rings (SSSR count). The summed E-state index contributed by atoms with van der Waals surface area (Å²) in [7, 11) is 0. The second kappa shape index (κ2) is 12.1. The topological polar surface area (TPSA) is 35.0 Å². The van der Waals surface area contributed by atoms with Crippen molar-refractivity contribution in [2.24, 2.45) is 0 Å². The Kier molecular flexibility index (Phi) is 8.29. The van der Waals surface area contributed by atoms with Gasteiger partial charge < -0.3 is 4.74 Å². The van der Waals surface area contributed by atoms with Crippen LogP contribution >= 0.6 is 0 Å². The molecule has 0 saturated heterocycles. The maximum atomic E-state index is 15.0. The summed E-state index contributed by atoms with van der Waals surface area (Å²) in [5, 5.41) is 0. The van der Waals surface area contributed by atoms with Crippen molar-refractivity contribution in [1.29, 1.82) is 0 Å². The predicted octanol–water partition coefficient (Wildman–Crippen LogP) is 9.42. The van der Waals surface area contributed by atoms with Gasteiger partial charge in [0.2, 0.25) is 0 Å². The molecule has 0 aliphatic heterocycles. The fraction of sp³-hybridized carbons (Fsp3) is 0.0909. The standard InChI is InChI=1S/C33H21F7N2O/c1-2-3-4-19-17-41-32(42-18-19)22-6-11-26(30(37)15-22)33(39,40)43-23-8-10-25(29(36)16-23)20-5-9-24(28(35)13-20)21-7-12-27(34)31(38)14-21/h2,5-18H,1,3-4H2. The van der Waals surface area contributed by atoms with Crippen molar-refractivity contribution in [2.45, 2.75) is 19.0 Å². The van der Waals surface area contributed by atoms with Crippen LogP contribution < -0.4 is 4.74 Å². The summed E-state index contributed by atoms with van der Waals surface area (Å²) in [4.78, 5) is 8.31. The Hall–Kier alpha value is -4.99. The lowest BCUT2D eigenvalue weighted by molar-refractivity contribution is -0.187. The zero-order chi connectivity index (χ0) is 30.7. The molecule has 0 N–H and O–H groups in total. The van der Waals surface area contributed by atoms with Gasteiger partial charge in [-0.3, -0.25) is 0 Å². The summed E-state index contributed by atoms with van der Waals surface area (Å²) in [5.41, 5.74) is -0.150. The molecule has 1 heterocycles. The maximum absolute atomic E-state index is 15.0. The van der Waals surface area contributed by atoms with Gasteiger partial charge in [0.1, 0.15) is 23.2 Å². The highest BCUT2D eigenvalue weighted by molar-refractivity contribution is 5.72. The lowest BCUT2D eigenvalue weighted by Gasteiger charge is -2.19. The Labute approximate surface area is 242 Å². The van der Waals surface area contributed by atoms with E-state index in [1.807, 2.05) is 0 Å². The van der Waals surface area contributed by atoms with Gasteiger partial charge in [0.05, 0.1) is 5.56 Å². The highest BCUT2D eigenvalue weighted by atomic mass is 19.3. The minimum Gasteiger partial charge on any atom is -0.429 e. The number of hydrogen-bond acceptors (Lipinski definition) is 3. The first kappa shape index (κ1) is 29.5. The number of aromatic nitrogens is 2. The molecular formula is C33H21F7N2O. The smallest absolute Gasteiger partial charge is 0.429 e. The minimum atomic E-state index is -4.18. The van der Waals surface area contributed by atoms with E-state index in [2.05, 4.69) is 21.3 Å². The highest BCUT2D eigenvalue weighted by Gasteiger charge is 2.38. The van der Waals surface area contributed by atoms with E-state index in [1.165, 1.54) is 24.3 Å². The van der Waals surface area contributed by atoms with Crippen molar-refractivity contribution in [3.8, 4) is 39.4 Å². The number of aryl methyl sites for hydroxylation is 1. The Morgan fingerprint density at radius 3 is 1.84 bits per heavy atom. The predicted molar refractivity (Wildman–Crippen MR) is 148 cm³/mol. The normalized spacial score (nSPS) is 11.4. The van der Waals surface area contributed by atoms with E-state index in [4.69, 9.17) is 0 Å². The minimum absolute atomic E-state index is 0.0530. The van der Waals surface area contributed by atoms with Crippen LogP contribution in [0.3, 0.4) is 0 Å². The van der Waals surface area contributed by atoms with Gasteiger partial charge in [-0.15, -0.1) is 6.58 Å². The summed E-state index contributed by atoms with van der Waals surface area (Å²) < 4.78 is 106. The van der Waals surface area contributed by atoms with Gasteiger partial charge in [0.15, 0.2) is 17.5 Å². The molecule has 4 aromatic carbocycles. The Balaban J connectivity index is 1.33. The molecule has 0 radical (unpaired) electrons. The lowest BCUT2D eigenvalue weighted by Crippen LogP contribution is -2.23. The van der Waals surface area contributed by atoms with Crippen LogP contribution in [0.4, 0.5) is 30.7 Å². The van der Waals surface area contributed by atoms with Crippen LogP contribution in [0.15, 0.2) is 97.8 Å². The van der Waals surface area contributed by atoms with Gasteiger partial charge in [-0.2, -0.15) is 8.78 Å². The summed E-state index contributed by atoms with van der Waals surface area (Å²) in [6, 6.07) is 12.1. The van der Waals surface area contributed by atoms with Crippen molar-refractivity contribution in [2.75, 3.05) is 0 Å². The Morgan fingerprint density at radius 2 is 1.23 bits per heavy atom. The molecule has 5 aromatic rings. The SMILES string of the molecule is C=CCCc1cnc(-c2ccc(C(F)(F)Oc3ccc(-c4ccc(-c5ccc(F)c(F)c5)c(F)c4)c(F)c3)c(F)c2)nc1. The molecule has 0 atom stereocenters. The Morgan fingerprint density at radius 1 is 0.651 bits per heavy atom. The number of allylic oxidation sites excluding steroid dienone is 1. The molecule has 0 aliphatic rings. The van der Waals surface area contributed by atoms with E-state index in [0.29, 0.717) is 12.5 Å². The quantitative estimate of drug-likeness (QED) is 0.126. The van der Waals surface area contributed by atoms with Crippen LogP contribution in [0.2, 0.25) is 0 Å². The number of ether oxygens (including phenoxy) is 1. The zero-order valence-corrected chi connectivity index (χ0v) is 22.2. The van der Waals surface area contributed by atoms with Gasteiger partial charge in [0, 0.05) is 35.2 Å². The number of nitrogens with zero attached hydrogens (tertiary/aromatic N) is 2. The second-order valence-electron chi connectivity index (χ2n) is 9.52. The fourth-order valence-corrected chi connectivity index (χ4v) is 4.37. The highest BCUT2D eigenvalue weighted by Crippen LogP contribution is 2.37. The van der Waals surface area contributed by atoms with Crippen molar-refractivity contribution in [3.05, 3.63) is 138 Å². The molecule has 10 heteroatoms. The van der Waals surface area contributed by atoms with E-state index in [-0.39, 0.29) is 33.6 Å². The molecule has 1 aromatic heterocycles. The molecular weight excluding hydrogens is 573 g/mol. The zero-order valence-electron chi connectivity index (χ0n) is 22.2. The summed E-state index contributed by atoms with van der Waals surface area (Å²) >= 11 is 0. The third kappa shape index (κ3) is 6.43. The van der Waals surface area contributed by atoms with Gasteiger partial charge in [-0.25, -0.2) is 31.9 Å². The van der Waals surface area contributed by atoms with Crippen molar-refractivity contribution < 1.29 is 35.5 Å². The number of rotatable bonds is 9. The molecule has 43 heavy (non-hydrogen) atoms. The van der Waals surface area contributed by atoms with Crippen molar-refractivity contribution in [1.82, 2.24) is 9.97 Å². The fourth-order valence-electron chi connectivity index (χ4n) is 4.37. The molecule has 3 nitrogen and oxygen atoms in total. The molecule has 0 bridgehead atoms. The first-order chi connectivity index (χ1) is 20.6. The van der Waals surface area contributed by atoms with Crippen LogP contribution in [0, 0.1) is 29.1 Å². The van der Waals surface area contributed by atoms with E-state index < -0.39 is 46.5 Å². The third-order valence-corrected chi connectivity index (χ3v) is 6.58. The van der Waals surface area contributed by atoms with Crippen LogP contribution in [0.25, 0.3) is 33.6 Å². The second-order valence-corrected chi connectivity index (χ2v) is 9.52. The lowest BCUT2D eigenvalue weighted by atomic mass is 9.99. The number of benzene rings is 4. The monoisotopic (exact) mass is 594 g/mol.